The van der Waals surface area contributed by atoms with Gasteiger partial charge in [0.15, 0.2) is 6.10 Å². The fourth-order valence-electron chi connectivity index (χ4n) is 4.72. The number of nitrogens with one attached hydrogen (secondary N) is 1. The Bertz CT molecular complexity index is 1010. The van der Waals surface area contributed by atoms with E-state index in [4.69, 9.17) is 14.6 Å². The van der Waals surface area contributed by atoms with E-state index < -0.39 is 24.2 Å². The molecule has 0 radical (unpaired) electrons. The Labute approximate surface area is 198 Å². The maximum absolute atomic E-state index is 12.8. The normalized spacial score (nSPS) is 18.7. The molecule has 4 rings (SSSR count). The summed E-state index contributed by atoms with van der Waals surface area (Å²) in [5.74, 6) is -1.11. The summed E-state index contributed by atoms with van der Waals surface area (Å²) < 4.78 is 11.2. The van der Waals surface area contributed by atoms with Gasteiger partial charge in [0.2, 0.25) is 0 Å². The average molecular weight is 467 g/mol. The van der Waals surface area contributed by atoms with Gasteiger partial charge < -0.3 is 24.8 Å². The molecule has 0 bridgehead atoms. The van der Waals surface area contributed by atoms with Crippen LogP contribution in [0.4, 0.5) is 4.79 Å². The van der Waals surface area contributed by atoms with Crippen molar-refractivity contribution in [3.05, 3.63) is 59.7 Å². The number of amides is 2. The van der Waals surface area contributed by atoms with Crippen molar-refractivity contribution in [2.24, 2.45) is 0 Å². The van der Waals surface area contributed by atoms with Crippen molar-refractivity contribution >= 4 is 18.0 Å². The molecule has 0 unspecified atom stereocenters. The lowest BCUT2D eigenvalue weighted by Gasteiger charge is -2.25. The predicted octanol–water partition coefficient (Wildman–Crippen LogP) is 3.40. The molecule has 2 atom stereocenters. The molecule has 1 aliphatic carbocycles. The first kappa shape index (κ1) is 23.8. The first-order valence-corrected chi connectivity index (χ1v) is 11.7. The number of unbranched alkanes of at least 4 members (excludes halogenated alkanes) is 1. The van der Waals surface area contributed by atoms with E-state index in [1.807, 2.05) is 24.3 Å². The largest absolute Gasteiger partial charge is 0.481 e. The molecule has 0 aromatic heterocycles. The molecule has 8 heteroatoms. The maximum Gasteiger partial charge on any atom is 0.407 e. The number of ether oxygens (including phenoxy) is 2. The molecule has 1 aliphatic heterocycles. The molecule has 0 saturated carbocycles. The number of rotatable bonds is 9. The molecule has 0 spiro atoms. The third-order valence-corrected chi connectivity index (χ3v) is 6.49. The van der Waals surface area contributed by atoms with Crippen LogP contribution in [0.5, 0.6) is 0 Å². The Hall–Kier alpha value is -3.39. The predicted molar refractivity (Wildman–Crippen MR) is 125 cm³/mol. The Morgan fingerprint density at radius 3 is 2.35 bits per heavy atom. The van der Waals surface area contributed by atoms with Gasteiger partial charge >= 0.3 is 12.1 Å². The third kappa shape index (κ3) is 5.22. The van der Waals surface area contributed by atoms with Crippen LogP contribution in [0.25, 0.3) is 11.1 Å². The SMILES string of the molecule is CN(CCCCC(=O)O)C(=O)[C@H]1OCC[C@H]1NC(=O)OCC1c2ccccc2-c2ccccc21. The second-order valence-corrected chi connectivity index (χ2v) is 8.77. The molecule has 2 N–H and O–H groups in total. The van der Waals surface area contributed by atoms with E-state index in [1.165, 1.54) is 4.90 Å². The minimum Gasteiger partial charge on any atom is -0.481 e. The number of alkyl carbamates (subject to hydrolysis) is 1. The summed E-state index contributed by atoms with van der Waals surface area (Å²) in [6.07, 6.45) is 0.344. The fourth-order valence-corrected chi connectivity index (χ4v) is 4.72. The molecule has 2 aromatic carbocycles. The van der Waals surface area contributed by atoms with Crippen LogP contribution in [0.2, 0.25) is 0 Å². The Morgan fingerprint density at radius 2 is 1.71 bits per heavy atom. The van der Waals surface area contributed by atoms with Crippen molar-refractivity contribution in [1.82, 2.24) is 10.2 Å². The zero-order valence-electron chi connectivity index (χ0n) is 19.2. The molecular weight excluding hydrogens is 436 g/mol. The lowest BCUT2D eigenvalue weighted by Crippen LogP contribution is -2.49. The summed E-state index contributed by atoms with van der Waals surface area (Å²) in [6.45, 7) is 1.01. The van der Waals surface area contributed by atoms with Gasteiger partial charge in [0, 0.05) is 32.5 Å². The van der Waals surface area contributed by atoms with Gasteiger partial charge in [0.05, 0.1) is 6.04 Å². The van der Waals surface area contributed by atoms with Crippen LogP contribution in [0, 0.1) is 0 Å². The van der Waals surface area contributed by atoms with Crippen LogP contribution in [0.3, 0.4) is 0 Å². The molecule has 2 aromatic rings. The lowest BCUT2D eigenvalue weighted by molar-refractivity contribution is -0.140. The van der Waals surface area contributed by atoms with E-state index in [0.717, 1.165) is 22.3 Å². The molecular formula is C26H30N2O6. The summed E-state index contributed by atoms with van der Waals surface area (Å²) in [5.41, 5.74) is 4.60. The Kier molecular flexibility index (Phi) is 7.47. The quantitative estimate of drug-likeness (QED) is 0.549. The van der Waals surface area contributed by atoms with E-state index in [2.05, 4.69) is 29.6 Å². The first-order chi connectivity index (χ1) is 16.5. The van der Waals surface area contributed by atoms with Crippen LogP contribution >= 0.6 is 0 Å². The van der Waals surface area contributed by atoms with E-state index in [0.29, 0.717) is 32.4 Å². The highest BCUT2D eigenvalue weighted by atomic mass is 16.6. The third-order valence-electron chi connectivity index (χ3n) is 6.49. The van der Waals surface area contributed by atoms with Crippen LogP contribution in [0.15, 0.2) is 48.5 Å². The van der Waals surface area contributed by atoms with Crippen molar-refractivity contribution in [3.8, 4) is 11.1 Å². The van der Waals surface area contributed by atoms with Gasteiger partial charge in [-0.3, -0.25) is 9.59 Å². The minimum absolute atomic E-state index is 0.0349. The van der Waals surface area contributed by atoms with Crippen LogP contribution in [-0.2, 0) is 19.1 Å². The second kappa shape index (κ2) is 10.7. The summed E-state index contributed by atoms with van der Waals surface area (Å²) in [7, 11) is 1.66. The highest BCUT2D eigenvalue weighted by molar-refractivity contribution is 5.83. The summed E-state index contributed by atoms with van der Waals surface area (Å²) in [6, 6.07) is 15.8. The van der Waals surface area contributed by atoms with Crippen LogP contribution < -0.4 is 5.32 Å². The molecule has 180 valence electrons. The Morgan fingerprint density at radius 1 is 1.06 bits per heavy atom. The fraction of sp³-hybridized carbons (Fsp3) is 0.423. The monoisotopic (exact) mass is 466 g/mol. The molecule has 1 saturated heterocycles. The molecule has 2 aliphatic rings. The van der Waals surface area contributed by atoms with E-state index in [-0.39, 0.29) is 24.9 Å². The summed E-state index contributed by atoms with van der Waals surface area (Å²) in [4.78, 5) is 37.6. The van der Waals surface area contributed by atoms with Gasteiger partial charge in [-0.1, -0.05) is 48.5 Å². The molecule has 8 nitrogen and oxygen atoms in total. The van der Waals surface area contributed by atoms with Crippen molar-refractivity contribution in [3.63, 3.8) is 0 Å². The van der Waals surface area contributed by atoms with Gasteiger partial charge in [0.25, 0.3) is 5.91 Å². The second-order valence-electron chi connectivity index (χ2n) is 8.77. The van der Waals surface area contributed by atoms with Gasteiger partial charge in [-0.05, 0) is 41.5 Å². The van der Waals surface area contributed by atoms with E-state index >= 15 is 0 Å². The van der Waals surface area contributed by atoms with Crippen molar-refractivity contribution < 1.29 is 29.0 Å². The zero-order valence-corrected chi connectivity index (χ0v) is 19.2. The summed E-state index contributed by atoms with van der Waals surface area (Å²) >= 11 is 0. The highest BCUT2D eigenvalue weighted by Crippen LogP contribution is 2.44. The number of carboxylic acid groups (broad SMARTS) is 1. The average Bonchev–Trinajstić information content (AvgIpc) is 3.42. The minimum atomic E-state index is -0.847. The number of carboxylic acids is 1. The number of fused-ring (bicyclic) bond motifs is 3. The van der Waals surface area contributed by atoms with Crippen molar-refractivity contribution in [2.75, 3.05) is 26.8 Å². The van der Waals surface area contributed by atoms with Gasteiger partial charge in [-0.2, -0.15) is 0 Å². The number of hydrogen-bond donors (Lipinski definition) is 2. The standard InChI is InChI=1S/C26H30N2O6/c1-28(14-7-6-12-23(29)30)25(31)24-22(13-15-33-24)27-26(32)34-16-21-19-10-4-2-8-17(19)18-9-3-5-11-20(18)21/h2-5,8-11,21-22,24H,6-7,12-16H2,1H3,(H,27,32)(H,29,30)/t22-,24+/m1/s1. The molecule has 34 heavy (non-hydrogen) atoms. The highest BCUT2D eigenvalue weighted by Gasteiger charge is 2.37. The number of carbonyl (C=O) groups excluding carboxylic acids is 2. The Balaban J connectivity index is 1.31. The van der Waals surface area contributed by atoms with Crippen molar-refractivity contribution in [1.29, 1.82) is 0 Å². The zero-order chi connectivity index (χ0) is 24.1. The topological polar surface area (TPSA) is 105 Å². The number of hydrogen-bond acceptors (Lipinski definition) is 5. The molecule has 1 fully saturated rings. The lowest BCUT2D eigenvalue weighted by atomic mass is 9.98. The van der Waals surface area contributed by atoms with Gasteiger partial charge in [0.1, 0.15) is 6.61 Å². The maximum atomic E-state index is 12.8. The number of nitrogens with zero attached hydrogens (tertiary/aromatic N) is 1. The summed E-state index contributed by atoms with van der Waals surface area (Å²) in [5, 5.41) is 11.5. The molecule has 2 amide bonds. The first-order valence-electron chi connectivity index (χ1n) is 11.7. The van der Waals surface area contributed by atoms with E-state index in [9.17, 15) is 14.4 Å². The smallest absolute Gasteiger partial charge is 0.407 e. The number of likely N-dealkylation sites (N-methyl/N-ethyl adjacent to an activating group) is 1. The number of benzene rings is 2. The number of carbonyl (C=O) groups is 3. The van der Waals surface area contributed by atoms with Crippen LogP contribution in [0.1, 0.15) is 42.7 Å². The van der Waals surface area contributed by atoms with Crippen molar-refractivity contribution in [2.45, 2.75) is 43.7 Å². The van der Waals surface area contributed by atoms with Gasteiger partial charge in [-0.15, -0.1) is 0 Å². The number of aliphatic carboxylic acids is 1. The van der Waals surface area contributed by atoms with E-state index in [1.54, 1.807) is 7.05 Å². The molecule has 1 heterocycles. The van der Waals surface area contributed by atoms with Gasteiger partial charge in [-0.25, -0.2) is 4.79 Å². The van der Waals surface area contributed by atoms with Crippen LogP contribution in [-0.4, -0.2) is 66.9 Å².